The van der Waals surface area contributed by atoms with Gasteiger partial charge in [-0.05, 0) is 19.3 Å². The van der Waals surface area contributed by atoms with E-state index in [0.29, 0.717) is 6.42 Å². The van der Waals surface area contributed by atoms with Crippen LogP contribution in [0, 0.1) is 0 Å². The molecule has 0 atom stereocenters. The third-order valence-electron chi connectivity index (χ3n) is 2.93. The van der Waals surface area contributed by atoms with Crippen molar-refractivity contribution in [2.24, 2.45) is 0 Å². The fourth-order valence-electron chi connectivity index (χ4n) is 1.96. The molecule has 98 valence electrons. The quantitative estimate of drug-likeness (QED) is 0.763. The molecule has 0 radical (unpaired) electrons. The first kappa shape index (κ1) is 14.0. The Morgan fingerprint density at radius 2 is 1.94 bits per heavy atom. The first-order chi connectivity index (χ1) is 8.13. The lowest BCUT2D eigenvalue weighted by Gasteiger charge is -2.31. The second-order valence-electron chi connectivity index (χ2n) is 4.34. The van der Waals surface area contributed by atoms with Gasteiger partial charge in [0.05, 0.1) is 19.1 Å². The van der Waals surface area contributed by atoms with Crippen molar-refractivity contribution in [3.8, 4) is 0 Å². The summed E-state index contributed by atoms with van der Waals surface area (Å²) in [5.41, 5.74) is 0. The van der Waals surface area contributed by atoms with Gasteiger partial charge in [0.2, 0.25) is 5.91 Å². The first-order valence-corrected chi connectivity index (χ1v) is 6.24. The largest absolute Gasteiger partial charge is 0.481 e. The van der Waals surface area contributed by atoms with E-state index in [9.17, 15) is 9.59 Å². The molecule has 0 unspecified atom stereocenters. The molecule has 1 amide bonds. The third-order valence-corrected chi connectivity index (χ3v) is 2.93. The van der Waals surface area contributed by atoms with Crippen molar-refractivity contribution < 1.29 is 19.4 Å². The van der Waals surface area contributed by atoms with Gasteiger partial charge in [0.15, 0.2) is 0 Å². The molecule has 1 saturated heterocycles. The summed E-state index contributed by atoms with van der Waals surface area (Å²) in [5, 5.41) is 8.48. The van der Waals surface area contributed by atoms with Gasteiger partial charge in [-0.2, -0.15) is 0 Å². The van der Waals surface area contributed by atoms with E-state index in [-0.39, 0.29) is 25.0 Å². The SMILES string of the molecule is CCCC(=O)N1CCC(OCCC(=O)O)CC1. The van der Waals surface area contributed by atoms with E-state index in [1.54, 1.807) is 0 Å². The molecule has 0 bridgehead atoms. The first-order valence-electron chi connectivity index (χ1n) is 6.24. The second-order valence-corrected chi connectivity index (χ2v) is 4.34. The highest BCUT2D eigenvalue weighted by Gasteiger charge is 2.22. The fourth-order valence-corrected chi connectivity index (χ4v) is 1.96. The highest BCUT2D eigenvalue weighted by Crippen LogP contribution is 2.15. The van der Waals surface area contributed by atoms with Crippen LogP contribution in [0.2, 0.25) is 0 Å². The lowest BCUT2D eigenvalue weighted by atomic mass is 10.1. The minimum Gasteiger partial charge on any atom is -0.481 e. The van der Waals surface area contributed by atoms with Crippen molar-refractivity contribution in [3.63, 3.8) is 0 Å². The van der Waals surface area contributed by atoms with Crippen LogP contribution in [0.1, 0.15) is 39.0 Å². The molecular weight excluding hydrogens is 222 g/mol. The highest BCUT2D eigenvalue weighted by molar-refractivity contribution is 5.76. The van der Waals surface area contributed by atoms with Crippen LogP contribution >= 0.6 is 0 Å². The molecule has 1 fully saturated rings. The van der Waals surface area contributed by atoms with Crippen LogP contribution in [0.5, 0.6) is 0 Å². The van der Waals surface area contributed by atoms with Crippen molar-refractivity contribution in [2.45, 2.75) is 45.1 Å². The van der Waals surface area contributed by atoms with Gasteiger partial charge in [0.1, 0.15) is 0 Å². The summed E-state index contributed by atoms with van der Waals surface area (Å²) >= 11 is 0. The number of hydrogen-bond acceptors (Lipinski definition) is 3. The van der Waals surface area contributed by atoms with Crippen LogP contribution in [0.15, 0.2) is 0 Å². The molecule has 1 heterocycles. The molecule has 0 aromatic heterocycles. The number of carbonyl (C=O) groups excluding carboxylic acids is 1. The van der Waals surface area contributed by atoms with E-state index in [2.05, 4.69) is 0 Å². The van der Waals surface area contributed by atoms with E-state index in [4.69, 9.17) is 9.84 Å². The van der Waals surface area contributed by atoms with Crippen LogP contribution in [-0.2, 0) is 14.3 Å². The summed E-state index contributed by atoms with van der Waals surface area (Å²) in [4.78, 5) is 23.8. The Hall–Kier alpha value is -1.10. The van der Waals surface area contributed by atoms with Gasteiger partial charge in [0, 0.05) is 19.5 Å². The second kappa shape index (κ2) is 7.27. The lowest BCUT2D eigenvalue weighted by Crippen LogP contribution is -2.40. The number of aliphatic carboxylic acids is 1. The lowest BCUT2D eigenvalue weighted by molar-refractivity contribution is -0.139. The Labute approximate surface area is 102 Å². The number of likely N-dealkylation sites (tertiary alicyclic amines) is 1. The average molecular weight is 243 g/mol. The monoisotopic (exact) mass is 243 g/mol. The van der Waals surface area contributed by atoms with E-state index in [1.807, 2.05) is 11.8 Å². The molecular formula is C12H21NO4. The minimum absolute atomic E-state index is 0.0506. The summed E-state index contributed by atoms with van der Waals surface area (Å²) in [5.74, 6) is -0.614. The highest BCUT2D eigenvalue weighted by atomic mass is 16.5. The van der Waals surface area contributed by atoms with Crippen molar-refractivity contribution in [2.75, 3.05) is 19.7 Å². The van der Waals surface area contributed by atoms with Crippen LogP contribution in [-0.4, -0.2) is 47.7 Å². The molecule has 1 N–H and O–H groups in total. The number of amides is 1. The summed E-state index contributed by atoms with van der Waals surface area (Å²) in [6, 6.07) is 0. The van der Waals surface area contributed by atoms with Crippen molar-refractivity contribution in [3.05, 3.63) is 0 Å². The van der Waals surface area contributed by atoms with Crippen molar-refractivity contribution in [1.82, 2.24) is 4.90 Å². The number of ether oxygens (including phenoxy) is 1. The van der Waals surface area contributed by atoms with E-state index in [1.165, 1.54) is 0 Å². The van der Waals surface area contributed by atoms with E-state index < -0.39 is 5.97 Å². The van der Waals surface area contributed by atoms with Gasteiger partial charge in [-0.25, -0.2) is 0 Å². The Bertz CT molecular complexity index is 259. The minimum atomic E-state index is -0.833. The topological polar surface area (TPSA) is 66.8 Å². The molecule has 0 saturated carbocycles. The maximum atomic E-state index is 11.6. The van der Waals surface area contributed by atoms with Gasteiger partial charge < -0.3 is 14.7 Å². The molecule has 0 spiro atoms. The Morgan fingerprint density at radius 1 is 1.29 bits per heavy atom. The van der Waals surface area contributed by atoms with E-state index >= 15 is 0 Å². The van der Waals surface area contributed by atoms with Crippen molar-refractivity contribution in [1.29, 1.82) is 0 Å². The van der Waals surface area contributed by atoms with Gasteiger partial charge in [-0.15, -0.1) is 0 Å². The van der Waals surface area contributed by atoms with Crippen LogP contribution in [0.3, 0.4) is 0 Å². The van der Waals surface area contributed by atoms with Gasteiger partial charge in [0.25, 0.3) is 0 Å². The smallest absolute Gasteiger partial charge is 0.305 e. The maximum Gasteiger partial charge on any atom is 0.305 e. The van der Waals surface area contributed by atoms with Gasteiger partial charge in [-0.3, -0.25) is 9.59 Å². The zero-order valence-electron chi connectivity index (χ0n) is 10.4. The maximum absolute atomic E-state index is 11.6. The molecule has 1 aliphatic heterocycles. The van der Waals surface area contributed by atoms with Gasteiger partial charge in [-0.1, -0.05) is 6.92 Å². The zero-order chi connectivity index (χ0) is 12.7. The molecule has 5 heteroatoms. The predicted octanol–water partition coefficient (Wildman–Crippen LogP) is 1.27. The number of rotatable bonds is 6. The van der Waals surface area contributed by atoms with Crippen LogP contribution < -0.4 is 0 Å². The Kier molecular flexibility index (Phi) is 5.97. The van der Waals surface area contributed by atoms with Crippen LogP contribution in [0.4, 0.5) is 0 Å². The molecule has 1 rings (SSSR count). The number of carboxylic acid groups (broad SMARTS) is 1. The number of hydrogen-bond donors (Lipinski definition) is 1. The molecule has 0 aromatic rings. The Balaban J connectivity index is 2.17. The summed E-state index contributed by atoms with van der Waals surface area (Å²) in [6.45, 7) is 3.73. The zero-order valence-corrected chi connectivity index (χ0v) is 10.4. The van der Waals surface area contributed by atoms with E-state index in [0.717, 1.165) is 32.4 Å². The summed E-state index contributed by atoms with van der Waals surface area (Å²) < 4.78 is 5.46. The molecule has 0 aromatic carbocycles. The Morgan fingerprint density at radius 3 is 2.47 bits per heavy atom. The standard InChI is InChI=1S/C12H21NO4/c1-2-3-11(14)13-7-4-10(5-8-13)17-9-6-12(15)16/h10H,2-9H2,1H3,(H,15,16). The van der Waals surface area contributed by atoms with Crippen molar-refractivity contribution >= 4 is 11.9 Å². The molecule has 1 aliphatic rings. The number of carbonyl (C=O) groups is 2. The summed E-state index contributed by atoms with van der Waals surface area (Å²) in [6.07, 6.45) is 3.29. The molecule has 0 aliphatic carbocycles. The average Bonchev–Trinajstić information content (AvgIpc) is 2.30. The normalized spacial score (nSPS) is 17.1. The van der Waals surface area contributed by atoms with Crippen LogP contribution in [0.25, 0.3) is 0 Å². The number of piperidine rings is 1. The third kappa shape index (κ3) is 5.17. The molecule has 5 nitrogen and oxygen atoms in total. The fraction of sp³-hybridized carbons (Fsp3) is 0.833. The number of nitrogens with zero attached hydrogens (tertiary/aromatic N) is 1. The predicted molar refractivity (Wildman–Crippen MR) is 62.7 cm³/mol. The summed E-state index contributed by atoms with van der Waals surface area (Å²) in [7, 11) is 0. The van der Waals surface area contributed by atoms with Gasteiger partial charge >= 0.3 is 5.97 Å². The molecule has 17 heavy (non-hydrogen) atoms. The number of carboxylic acids is 1.